The molecule has 0 saturated carbocycles. The summed E-state index contributed by atoms with van der Waals surface area (Å²) < 4.78 is 26.7. The number of hydrogen-bond acceptors (Lipinski definition) is 3. The summed E-state index contributed by atoms with van der Waals surface area (Å²) >= 11 is 0. The maximum absolute atomic E-state index is 13.7. The first-order valence-corrected chi connectivity index (χ1v) is 7.54. The van der Waals surface area contributed by atoms with E-state index < -0.39 is 11.6 Å². The fraction of sp³-hybridized carbons (Fsp3) is 0.167. The van der Waals surface area contributed by atoms with Crippen molar-refractivity contribution in [2.45, 2.75) is 12.8 Å². The standard InChI is InChI=1S/C18H16F2N4/c1-21-11-17-18(23-24-22-17)14-4-2-3-12(9-14)5-6-13-7-8-15(19)10-16(13)20/h2-4,7-11H,5-6H2,1H3,(H,22,23,24)/b21-11-. The zero-order chi connectivity index (χ0) is 16.9. The van der Waals surface area contributed by atoms with Crippen LogP contribution in [0.4, 0.5) is 8.78 Å². The molecule has 4 nitrogen and oxygen atoms in total. The van der Waals surface area contributed by atoms with Gasteiger partial charge >= 0.3 is 0 Å². The van der Waals surface area contributed by atoms with Gasteiger partial charge in [-0.2, -0.15) is 0 Å². The maximum atomic E-state index is 13.7. The first-order chi connectivity index (χ1) is 11.7. The van der Waals surface area contributed by atoms with Crippen molar-refractivity contribution in [1.29, 1.82) is 0 Å². The van der Waals surface area contributed by atoms with Crippen molar-refractivity contribution in [3.63, 3.8) is 0 Å². The molecule has 0 saturated heterocycles. The number of rotatable bonds is 5. The molecule has 1 N–H and O–H groups in total. The highest BCUT2D eigenvalue weighted by Gasteiger charge is 2.09. The summed E-state index contributed by atoms with van der Waals surface area (Å²) in [5, 5.41) is 10.7. The minimum Gasteiger partial charge on any atom is -0.294 e. The minimum atomic E-state index is -0.561. The molecule has 0 bridgehead atoms. The molecule has 0 atom stereocenters. The van der Waals surface area contributed by atoms with Gasteiger partial charge < -0.3 is 0 Å². The monoisotopic (exact) mass is 326 g/mol. The molecule has 0 aliphatic carbocycles. The Hall–Kier alpha value is -2.89. The van der Waals surface area contributed by atoms with Crippen LogP contribution in [0.3, 0.4) is 0 Å². The van der Waals surface area contributed by atoms with Gasteiger partial charge in [0.25, 0.3) is 0 Å². The topological polar surface area (TPSA) is 53.9 Å². The van der Waals surface area contributed by atoms with Crippen molar-refractivity contribution in [3.8, 4) is 11.3 Å². The maximum Gasteiger partial charge on any atom is 0.129 e. The summed E-state index contributed by atoms with van der Waals surface area (Å²) in [6, 6.07) is 11.5. The van der Waals surface area contributed by atoms with Gasteiger partial charge in [-0.25, -0.2) is 8.78 Å². The molecule has 0 aliphatic heterocycles. The molecule has 0 unspecified atom stereocenters. The van der Waals surface area contributed by atoms with E-state index in [1.807, 2.05) is 24.3 Å². The molecule has 1 aromatic heterocycles. The van der Waals surface area contributed by atoms with E-state index >= 15 is 0 Å². The predicted octanol–water partition coefficient (Wildman–Crippen LogP) is 3.58. The average molecular weight is 326 g/mol. The van der Waals surface area contributed by atoms with Crippen molar-refractivity contribution >= 4 is 6.21 Å². The Morgan fingerprint density at radius 3 is 2.79 bits per heavy atom. The molecular formula is C18H16F2N4. The third-order valence-electron chi connectivity index (χ3n) is 3.73. The van der Waals surface area contributed by atoms with Crippen LogP contribution in [0.1, 0.15) is 16.8 Å². The van der Waals surface area contributed by atoms with Crippen molar-refractivity contribution in [2.75, 3.05) is 7.05 Å². The molecule has 1 heterocycles. The number of aromatic nitrogens is 3. The number of nitrogens with zero attached hydrogens (tertiary/aromatic N) is 3. The average Bonchev–Trinajstić information content (AvgIpc) is 3.03. The Bertz CT molecular complexity index is 871. The van der Waals surface area contributed by atoms with E-state index in [1.54, 1.807) is 13.3 Å². The number of aromatic amines is 1. The van der Waals surface area contributed by atoms with E-state index in [0.29, 0.717) is 18.4 Å². The second kappa shape index (κ2) is 7.12. The van der Waals surface area contributed by atoms with Gasteiger partial charge in [0, 0.05) is 24.9 Å². The highest BCUT2D eigenvalue weighted by molar-refractivity contribution is 5.86. The van der Waals surface area contributed by atoms with Crippen molar-refractivity contribution in [3.05, 3.63) is 70.9 Å². The number of benzene rings is 2. The molecule has 0 amide bonds. The van der Waals surface area contributed by atoms with E-state index in [0.717, 1.165) is 28.6 Å². The number of aryl methyl sites for hydroxylation is 2. The summed E-state index contributed by atoms with van der Waals surface area (Å²) in [6.07, 6.45) is 2.80. The smallest absolute Gasteiger partial charge is 0.129 e. The number of nitrogens with one attached hydrogen (secondary N) is 1. The molecule has 0 radical (unpaired) electrons. The molecule has 24 heavy (non-hydrogen) atoms. The first-order valence-electron chi connectivity index (χ1n) is 7.54. The fourth-order valence-corrected chi connectivity index (χ4v) is 2.55. The van der Waals surface area contributed by atoms with Crippen LogP contribution < -0.4 is 0 Å². The van der Waals surface area contributed by atoms with Gasteiger partial charge in [0.05, 0.1) is 0 Å². The number of halogens is 2. The van der Waals surface area contributed by atoms with Gasteiger partial charge in [-0.3, -0.25) is 10.1 Å². The highest BCUT2D eigenvalue weighted by Crippen LogP contribution is 2.21. The first kappa shape index (κ1) is 16.0. The van der Waals surface area contributed by atoms with Crippen LogP contribution in [0.15, 0.2) is 47.5 Å². The van der Waals surface area contributed by atoms with Crippen LogP contribution in [0.25, 0.3) is 11.3 Å². The molecule has 2 aromatic carbocycles. The highest BCUT2D eigenvalue weighted by atomic mass is 19.1. The van der Waals surface area contributed by atoms with E-state index in [-0.39, 0.29) is 0 Å². The molecule has 0 fully saturated rings. The third-order valence-corrected chi connectivity index (χ3v) is 3.73. The lowest BCUT2D eigenvalue weighted by Gasteiger charge is -2.06. The Balaban J connectivity index is 1.79. The van der Waals surface area contributed by atoms with Gasteiger partial charge in [0.15, 0.2) is 0 Å². The lowest BCUT2D eigenvalue weighted by Crippen LogP contribution is -1.96. The minimum absolute atomic E-state index is 0.498. The van der Waals surface area contributed by atoms with Crippen LogP contribution in [0, 0.1) is 11.6 Å². The Labute approximate surface area is 138 Å². The Morgan fingerprint density at radius 2 is 2.00 bits per heavy atom. The SMILES string of the molecule is C/N=C\c1[nH]nnc1-c1cccc(CCc2ccc(F)cc2F)c1. The van der Waals surface area contributed by atoms with E-state index in [9.17, 15) is 8.78 Å². The van der Waals surface area contributed by atoms with Crippen LogP contribution in [-0.2, 0) is 12.8 Å². The number of hydrogen-bond donors (Lipinski definition) is 1. The summed E-state index contributed by atoms with van der Waals surface area (Å²) in [5.74, 6) is -1.07. The zero-order valence-corrected chi connectivity index (χ0v) is 13.1. The summed E-state index contributed by atoms with van der Waals surface area (Å²) in [5.41, 5.74) is 3.91. The van der Waals surface area contributed by atoms with Gasteiger partial charge in [-0.1, -0.05) is 29.5 Å². The summed E-state index contributed by atoms with van der Waals surface area (Å²) in [6.45, 7) is 0. The van der Waals surface area contributed by atoms with E-state index in [4.69, 9.17) is 0 Å². The molecule has 0 aliphatic rings. The van der Waals surface area contributed by atoms with E-state index in [2.05, 4.69) is 20.4 Å². The lowest BCUT2D eigenvalue weighted by molar-refractivity contribution is 0.571. The fourth-order valence-electron chi connectivity index (χ4n) is 2.55. The molecule has 3 rings (SSSR count). The van der Waals surface area contributed by atoms with Crippen molar-refractivity contribution in [1.82, 2.24) is 15.4 Å². The Morgan fingerprint density at radius 1 is 1.12 bits per heavy atom. The molecule has 0 spiro atoms. The van der Waals surface area contributed by atoms with Crippen LogP contribution >= 0.6 is 0 Å². The Kier molecular flexibility index (Phi) is 4.74. The van der Waals surface area contributed by atoms with Crippen LogP contribution in [0.2, 0.25) is 0 Å². The lowest BCUT2D eigenvalue weighted by atomic mass is 10.0. The van der Waals surface area contributed by atoms with Gasteiger partial charge in [0.1, 0.15) is 23.0 Å². The number of aliphatic imine (C=N–C) groups is 1. The van der Waals surface area contributed by atoms with Crippen LogP contribution in [0.5, 0.6) is 0 Å². The second-order valence-electron chi connectivity index (χ2n) is 5.40. The number of H-pyrrole nitrogens is 1. The molecular weight excluding hydrogens is 310 g/mol. The summed E-state index contributed by atoms with van der Waals surface area (Å²) in [4.78, 5) is 3.97. The van der Waals surface area contributed by atoms with Crippen molar-refractivity contribution in [2.24, 2.45) is 4.99 Å². The quantitative estimate of drug-likeness (QED) is 0.729. The van der Waals surface area contributed by atoms with E-state index in [1.165, 1.54) is 12.1 Å². The molecule has 3 aromatic rings. The van der Waals surface area contributed by atoms with Gasteiger partial charge in [-0.15, -0.1) is 5.10 Å². The van der Waals surface area contributed by atoms with Gasteiger partial charge in [0.2, 0.25) is 0 Å². The van der Waals surface area contributed by atoms with Crippen molar-refractivity contribution < 1.29 is 8.78 Å². The normalized spacial score (nSPS) is 11.3. The zero-order valence-electron chi connectivity index (χ0n) is 13.1. The third kappa shape index (κ3) is 3.53. The van der Waals surface area contributed by atoms with Crippen LogP contribution in [-0.4, -0.2) is 28.7 Å². The molecule has 6 heteroatoms. The summed E-state index contributed by atoms with van der Waals surface area (Å²) in [7, 11) is 1.68. The molecule has 122 valence electrons. The predicted molar refractivity (Wildman–Crippen MR) is 89.1 cm³/mol. The second-order valence-corrected chi connectivity index (χ2v) is 5.40. The van der Waals surface area contributed by atoms with Gasteiger partial charge in [-0.05, 0) is 36.1 Å². The largest absolute Gasteiger partial charge is 0.294 e.